The third-order valence-electron chi connectivity index (χ3n) is 5.49. The number of rotatable bonds is 7. The number of ether oxygens (including phenoxy) is 2. The predicted molar refractivity (Wildman–Crippen MR) is 116 cm³/mol. The van der Waals surface area contributed by atoms with Gasteiger partial charge in [0.05, 0.1) is 20.3 Å². The van der Waals surface area contributed by atoms with E-state index in [-0.39, 0.29) is 18.0 Å². The van der Waals surface area contributed by atoms with Crippen LogP contribution in [-0.4, -0.2) is 57.2 Å². The molecule has 0 aromatic heterocycles. The van der Waals surface area contributed by atoms with Gasteiger partial charge in [0.2, 0.25) is 5.91 Å². The minimum absolute atomic E-state index is 0.0513. The zero-order valence-corrected chi connectivity index (χ0v) is 17.7. The van der Waals surface area contributed by atoms with Gasteiger partial charge in [0.15, 0.2) is 0 Å². The van der Waals surface area contributed by atoms with Crippen LogP contribution in [0, 0.1) is 0 Å². The monoisotopic (exact) mass is 397 g/mol. The normalized spacial score (nSPS) is 16.3. The molecule has 0 aliphatic carbocycles. The number of anilines is 1. The maximum absolute atomic E-state index is 13.0. The number of nitrogens with one attached hydrogen (secondary N) is 1. The first-order valence-corrected chi connectivity index (χ1v) is 10.1. The summed E-state index contributed by atoms with van der Waals surface area (Å²) in [4.78, 5) is 17.3. The highest BCUT2D eigenvalue weighted by Crippen LogP contribution is 2.29. The number of piperazine rings is 1. The third kappa shape index (κ3) is 5.01. The second kappa shape index (κ2) is 9.65. The van der Waals surface area contributed by atoms with Crippen molar-refractivity contribution in [3.8, 4) is 11.5 Å². The highest BCUT2D eigenvalue weighted by molar-refractivity contribution is 5.81. The molecule has 1 aliphatic rings. The van der Waals surface area contributed by atoms with Gasteiger partial charge in [-0.05, 0) is 44.2 Å². The number of nitrogens with zero attached hydrogens (tertiary/aromatic N) is 2. The summed E-state index contributed by atoms with van der Waals surface area (Å²) in [5.74, 6) is 1.68. The number of carbonyl (C=O) groups excluding carboxylic acids is 1. The van der Waals surface area contributed by atoms with Crippen LogP contribution in [0.1, 0.15) is 25.5 Å². The second-order valence-electron chi connectivity index (χ2n) is 7.37. The Labute approximate surface area is 173 Å². The lowest BCUT2D eigenvalue weighted by molar-refractivity contribution is -0.133. The van der Waals surface area contributed by atoms with Crippen LogP contribution in [0.3, 0.4) is 0 Å². The first-order valence-electron chi connectivity index (χ1n) is 10.1. The van der Waals surface area contributed by atoms with Gasteiger partial charge in [-0.1, -0.05) is 18.2 Å². The zero-order valence-electron chi connectivity index (χ0n) is 17.7. The summed E-state index contributed by atoms with van der Waals surface area (Å²) in [7, 11) is 3.30. The van der Waals surface area contributed by atoms with E-state index in [0.717, 1.165) is 43.2 Å². The smallest absolute Gasteiger partial charge is 0.239 e. The average molecular weight is 398 g/mol. The Hall–Kier alpha value is -2.73. The molecule has 0 spiro atoms. The van der Waals surface area contributed by atoms with Crippen molar-refractivity contribution in [2.45, 2.75) is 25.9 Å². The molecule has 1 N–H and O–H groups in total. The lowest BCUT2D eigenvalue weighted by Gasteiger charge is -2.37. The predicted octanol–water partition coefficient (Wildman–Crippen LogP) is 3.09. The molecular weight excluding hydrogens is 366 g/mol. The number of hydrogen-bond donors (Lipinski definition) is 1. The van der Waals surface area contributed by atoms with Gasteiger partial charge in [-0.25, -0.2) is 0 Å². The van der Waals surface area contributed by atoms with Crippen LogP contribution in [0.4, 0.5) is 5.69 Å². The first-order chi connectivity index (χ1) is 14.0. The van der Waals surface area contributed by atoms with Crippen molar-refractivity contribution in [2.75, 3.05) is 45.3 Å². The van der Waals surface area contributed by atoms with Crippen molar-refractivity contribution in [1.29, 1.82) is 0 Å². The van der Waals surface area contributed by atoms with E-state index < -0.39 is 0 Å². The van der Waals surface area contributed by atoms with Gasteiger partial charge >= 0.3 is 0 Å². The van der Waals surface area contributed by atoms with Crippen molar-refractivity contribution in [1.82, 2.24) is 10.2 Å². The molecule has 0 bridgehead atoms. The van der Waals surface area contributed by atoms with Gasteiger partial charge in [0, 0.05) is 43.5 Å². The molecule has 2 aromatic carbocycles. The van der Waals surface area contributed by atoms with Gasteiger partial charge in [-0.15, -0.1) is 0 Å². The van der Waals surface area contributed by atoms with Gasteiger partial charge in [0.1, 0.15) is 11.5 Å². The zero-order chi connectivity index (χ0) is 20.8. The van der Waals surface area contributed by atoms with E-state index in [1.807, 2.05) is 55.1 Å². The van der Waals surface area contributed by atoms with Crippen LogP contribution in [0.15, 0.2) is 48.5 Å². The molecule has 1 saturated heterocycles. The van der Waals surface area contributed by atoms with E-state index in [1.165, 1.54) is 5.69 Å². The molecule has 2 atom stereocenters. The average Bonchev–Trinajstić information content (AvgIpc) is 2.78. The minimum Gasteiger partial charge on any atom is -0.497 e. The maximum Gasteiger partial charge on any atom is 0.239 e. The molecule has 1 amide bonds. The van der Waals surface area contributed by atoms with E-state index in [2.05, 4.69) is 22.3 Å². The standard InChI is InChI=1S/C23H31N3O3/c1-17(21-16-20(28-3)10-11-22(21)29-4)24-18(2)23(27)26-14-12-25(13-15-26)19-8-6-5-7-9-19/h5-11,16-18,24H,12-15H2,1-4H3. The largest absolute Gasteiger partial charge is 0.497 e. The van der Waals surface area contributed by atoms with Crippen LogP contribution >= 0.6 is 0 Å². The van der Waals surface area contributed by atoms with Crippen molar-refractivity contribution >= 4 is 11.6 Å². The van der Waals surface area contributed by atoms with Crippen LogP contribution in [0.25, 0.3) is 0 Å². The summed E-state index contributed by atoms with van der Waals surface area (Å²) >= 11 is 0. The van der Waals surface area contributed by atoms with Gasteiger partial charge in [-0.3, -0.25) is 10.1 Å². The van der Waals surface area contributed by atoms with E-state index >= 15 is 0 Å². The first kappa shape index (κ1) is 21.0. The summed E-state index contributed by atoms with van der Waals surface area (Å²) in [6, 6.07) is 15.7. The molecule has 2 aromatic rings. The Bertz CT molecular complexity index is 804. The Morgan fingerprint density at radius 3 is 2.28 bits per heavy atom. The molecule has 0 radical (unpaired) electrons. The van der Waals surface area contributed by atoms with Gasteiger partial charge in [0.25, 0.3) is 0 Å². The Morgan fingerprint density at radius 1 is 0.966 bits per heavy atom. The lowest BCUT2D eigenvalue weighted by atomic mass is 10.1. The van der Waals surface area contributed by atoms with Crippen LogP contribution in [0.2, 0.25) is 0 Å². The molecule has 6 heteroatoms. The number of methoxy groups -OCH3 is 2. The van der Waals surface area contributed by atoms with Gasteiger partial charge < -0.3 is 19.3 Å². The topological polar surface area (TPSA) is 54.0 Å². The van der Waals surface area contributed by atoms with E-state index in [4.69, 9.17) is 9.47 Å². The maximum atomic E-state index is 13.0. The van der Waals surface area contributed by atoms with Gasteiger partial charge in [-0.2, -0.15) is 0 Å². The van der Waals surface area contributed by atoms with Crippen molar-refractivity contribution in [2.24, 2.45) is 0 Å². The molecule has 0 saturated carbocycles. The second-order valence-corrected chi connectivity index (χ2v) is 7.37. The lowest BCUT2D eigenvalue weighted by Crippen LogP contribution is -2.53. The number of amides is 1. The summed E-state index contributed by atoms with van der Waals surface area (Å²) < 4.78 is 10.8. The fourth-order valence-corrected chi connectivity index (χ4v) is 3.81. The Kier molecular flexibility index (Phi) is 6.99. The van der Waals surface area contributed by atoms with Crippen LogP contribution < -0.4 is 19.7 Å². The molecule has 3 rings (SSSR count). The number of para-hydroxylation sites is 1. The molecule has 1 aliphatic heterocycles. The highest BCUT2D eigenvalue weighted by atomic mass is 16.5. The van der Waals surface area contributed by atoms with E-state index in [9.17, 15) is 4.79 Å². The molecule has 1 fully saturated rings. The van der Waals surface area contributed by atoms with Crippen LogP contribution in [0.5, 0.6) is 11.5 Å². The Morgan fingerprint density at radius 2 is 1.66 bits per heavy atom. The fourth-order valence-electron chi connectivity index (χ4n) is 3.81. The summed E-state index contributed by atoms with van der Waals surface area (Å²) in [6.07, 6.45) is 0. The molecule has 1 heterocycles. The number of benzene rings is 2. The third-order valence-corrected chi connectivity index (χ3v) is 5.49. The molecular formula is C23H31N3O3. The molecule has 2 unspecified atom stereocenters. The summed E-state index contributed by atoms with van der Waals surface area (Å²) in [5.41, 5.74) is 2.19. The van der Waals surface area contributed by atoms with E-state index in [0.29, 0.717) is 0 Å². The fraction of sp³-hybridized carbons (Fsp3) is 0.435. The quantitative estimate of drug-likeness (QED) is 0.778. The van der Waals surface area contributed by atoms with Crippen molar-refractivity contribution in [3.63, 3.8) is 0 Å². The molecule has 6 nitrogen and oxygen atoms in total. The number of hydrogen-bond acceptors (Lipinski definition) is 5. The van der Waals surface area contributed by atoms with Crippen molar-refractivity contribution in [3.05, 3.63) is 54.1 Å². The molecule has 156 valence electrons. The summed E-state index contributed by atoms with van der Waals surface area (Å²) in [6.45, 7) is 7.13. The SMILES string of the molecule is COc1ccc(OC)c(C(C)NC(C)C(=O)N2CCN(c3ccccc3)CC2)c1. The minimum atomic E-state index is -0.288. The highest BCUT2D eigenvalue weighted by Gasteiger charge is 2.26. The number of carbonyl (C=O) groups is 1. The van der Waals surface area contributed by atoms with E-state index in [1.54, 1.807) is 14.2 Å². The summed E-state index contributed by atoms with van der Waals surface area (Å²) in [5, 5.41) is 3.42. The molecule has 29 heavy (non-hydrogen) atoms. The van der Waals surface area contributed by atoms with Crippen molar-refractivity contribution < 1.29 is 14.3 Å². The van der Waals surface area contributed by atoms with Crippen LogP contribution in [-0.2, 0) is 4.79 Å². The Balaban J connectivity index is 1.58.